The molecular formula is C12H16N6O. The van der Waals surface area contributed by atoms with Gasteiger partial charge in [-0.2, -0.15) is 15.0 Å². The highest BCUT2D eigenvalue weighted by atomic mass is 16.5. The zero-order chi connectivity index (χ0) is 13.7. The lowest BCUT2D eigenvalue weighted by molar-refractivity contribution is 0.379. The molecule has 100 valence electrons. The van der Waals surface area contributed by atoms with Gasteiger partial charge in [0.2, 0.25) is 11.9 Å². The first-order chi connectivity index (χ1) is 9.22. The van der Waals surface area contributed by atoms with Gasteiger partial charge in [-0.25, -0.2) is 0 Å². The van der Waals surface area contributed by atoms with E-state index < -0.39 is 0 Å². The third kappa shape index (κ3) is 3.27. The number of rotatable bonds is 5. The molecule has 0 bridgehead atoms. The Balaban J connectivity index is 2.20. The monoisotopic (exact) mass is 260 g/mol. The van der Waals surface area contributed by atoms with E-state index in [9.17, 15) is 0 Å². The summed E-state index contributed by atoms with van der Waals surface area (Å²) in [5.41, 5.74) is 1.08. The highest BCUT2D eigenvalue weighted by molar-refractivity contribution is 5.38. The number of nitrogens with one attached hydrogen (secondary N) is 1. The van der Waals surface area contributed by atoms with E-state index in [1.165, 1.54) is 7.11 Å². The third-order valence-corrected chi connectivity index (χ3v) is 2.49. The first kappa shape index (κ1) is 13.0. The van der Waals surface area contributed by atoms with Gasteiger partial charge in [-0.05, 0) is 11.6 Å². The second kappa shape index (κ2) is 5.94. The smallest absolute Gasteiger partial charge is 0.322 e. The SMILES string of the molecule is CNc1nc(OC)nc(N(C)Cc2cccnc2)n1. The molecular weight excluding hydrogens is 244 g/mol. The molecule has 0 aromatic carbocycles. The van der Waals surface area contributed by atoms with Crippen molar-refractivity contribution in [2.24, 2.45) is 0 Å². The van der Waals surface area contributed by atoms with Gasteiger partial charge in [-0.15, -0.1) is 0 Å². The number of ether oxygens (including phenoxy) is 1. The highest BCUT2D eigenvalue weighted by Crippen LogP contribution is 2.15. The number of methoxy groups -OCH3 is 1. The molecule has 0 radical (unpaired) electrons. The first-order valence-corrected chi connectivity index (χ1v) is 5.81. The number of pyridine rings is 1. The second-order valence-corrected chi connectivity index (χ2v) is 3.91. The molecule has 2 aromatic rings. The summed E-state index contributed by atoms with van der Waals surface area (Å²) in [6, 6.07) is 4.18. The minimum absolute atomic E-state index is 0.285. The molecule has 0 aliphatic rings. The highest BCUT2D eigenvalue weighted by Gasteiger charge is 2.10. The van der Waals surface area contributed by atoms with Gasteiger partial charge < -0.3 is 15.0 Å². The normalized spacial score (nSPS) is 10.1. The number of hydrogen-bond donors (Lipinski definition) is 1. The fraction of sp³-hybridized carbons (Fsp3) is 0.333. The number of hydrogen-bond acceptors (Lipinski definition) is 7. The molecule has 0 atom stereocenters. The average Bonchev–Trinajstić information content (AvgIpc) is 2.47. The van der Waals surface area contributed by atoms with Crippen molar-refractivity contribution in [2.45, 2.75) is 6.54 Å². The summed E-state index contributed by atoms with van der Waals surface area (Å²) >= 11 is 0. The van der Waals surface area contributed by atoms with Crippen LogP contribution in [0.5, 0.6) is 6.01 Å². The van der Waals surface area contributed by atoms with Crippen molar-refractivity contribution < 1.29 is 4.74 Å². The Morgan fingerprint density at radius 3 is 2.79 bits per heavy atom. The Kier molecular flexibility index (Phi) is 4.07. The van der Waals surface area contributed by atoms with E-state index in [0.29, 0.717) is 18.4 Å². The van der Waals surface area contributed by atoms with E-state index in [-0.39, 0.29) is 6.01 Å². The molecule has 2 heterocycles. The zero-order valence-electron chi connectivity index (χ0n) is 11.2. The molecule has 0 unspecified atom stereocenters. The van der Waals surface area contributed by atoms with E-state index in [1.807, 2.05) is 30.3 Å². The van der Waals surface area contributed by atoms with Crippen LogP contribution in [0, 0.1) is 0 Å². The minimum atomic E-state index is 0.285. The van der Waals surface area contributed by atoms with Crippen LogP contribution >= 0.6 is 0 Å². The van der Waals surface area contributed by atoms with E-state index >= 15 is 0 Å². The Bertz CT molecular complexity index is 511. The van der Waals surface area contributed by atoms with Crippen molar-refractivity contribution in [1.29, 1.82) is 0 Å². The topological polar surface area (TPSA) is 76.1 Å². The van der Waals surface area contributed by atoms with Crippen molar-refractivity contribution >= 4 is 11.9 Å². The third-order valence-electron chi connectivity index (χ3n) is 2.49. The molecule has 19 heavy (non-hydrogen) atoms. The van der Waals surface area contributed by atoms with Crippen LogP contribution in [0.2, 0.25) is 0 Å². The Morgan fingerprint density at radius 1 is 1.32 bits per heavy atom. The fourth-order valence-electron chi connectivity index (χ4n) is 1.56. The predicted molar refractivity (Wildman–Crippen MR) is 72.3 cm³/mol. The van der Waals surface area contributed by atoms with Crippen molar-refractivity contribution in [3.8, 4) is 6.01 Å². The van der Waals surface area contributed by atoms with Crippen LogP contribution in [-0.4, -0.2) is 41.1 Å². The van der Waals surface area contributed by atoms with Crippen molar-refractivity contribution in [2.75, 3.05) is 31.4 Å². The lowest BCUT2D eigenvalue weighted by atomic mass is 10.3. The van der Waals surface area contributed by atoms with Gasteiger partial charge in [-0.3, -0.25) is 4.98 Å². The summed E-state index contributed by atoms with van der Waals surface area (Å²) in [7, 11) is 5.18. The molecule has 0 saturated carbocycles. The van der Waals surface area contributed by atoms with E-state index in [1.54, 1.807) is 13.2 Å². The molecule has 0 aliphatic heterocycles. The molecule has 2 rings (SSSR count). The maximum Gasteiger partial charge on any atom is 0.322 e. The van der Waals surface area contributed by atoms with Gasteiger partial charge >= 0.3 is 6.01 Å². The molecule has 0 saturated heterocycles. The lowest BCUT2D eigenvalue weighted by Crippen LogP contribution is -2.20. The average molecular weight is 260 g/mol. The second-order valence-electron chi connectivity index (χ2n) is 3.91. The van der Waals surface area contributed by atoms with Crippen LogP contribution in [0.1, 0.15) is 5.56 Å². The molecule has 7 nitrogen and oxygen atoms in total. The fourth-order valence-corrected chi connectivity index (χ4v) is 1.56. The number of anilines is 2. The molecule has 0 spiro atoms. The summed E-state index contributed by atoms with van der Waals surface area (Å²) < 4.78 is 5.06. The van der Waals surface area contributed by atoms with Gasteiger partial charge in [0.25, 0.3) is 0 Å². The van der Waals surface area contributed by atoms with Crippen molar-refractivity contribution in [3.63, 3.8) is 0 Å². The zero-order valence-corrected chi connectivity index (χ0v) is 11.2. The largest absolute Gasteiger partial charge is 0.467 e. The van der Waals surface area contributed by atoms with E-state index in [2.05, 4.69) is 25.3 Å². The first-order valence-electron chi connectivity index (χ1n) is 5.81. The molecule has 2 aromatic heterocycles. The minimum Gasteiger partial charge on any atom is -0.467 e. The van der Waals surface area contributed by atoms with Crippen LogP contribution in [-0.2, 0) is 6.54 Å². The van der Waals surface area contributed by atoms with Crippen LogP contribution in [0.15, 0.2) is 24.5 Å². The predicted octanol–water partition coefficient (Wildman–Crippen LogP) is 0.953. The summed E-state index contributed by atoms with van der Waals surface area (Å²) in [5.74, 6) is 1.01. The summed E-state index contributed by atoms with van der Waals surface area (Å²) in [5, 5.41) is 2.88. The van der Waals surface area contributed by atoms with Crippen LogP contribution in [0.4, 0.5) is 11.9 Å². The van der Waals surface area contributed by atoms with Gasteiger partial charge in [0, 0.05) is 33.0 Å². The number of nitrogens with zero attached hydrogens (tertiary/aromatic N) is 5. The van der Waals surface area contributed by atoms with E-state index in [0.717, 1.165) is 5.56 Å². The van der Waals surface area contributed by atoms with Gasteiger partial charge in [0.1, 0.15) is 0 Å². The summed E-state index contributed by atoms with van der Waals surface area (Å²) in [6.07, 6.45) is 3.56. The number of aromatic nitrogens is 4. The summed E-state index contributed by atoms with van der Waals surface area (Å²) in [4.78, 5) is 18.6. The quantitative estimate of drug-likeness (QED) is 0.857. The maximum absolute atomic E-state index is 5.06. The standard InChI is InChI=1S/C12H16N6O/c1-13-10-15-11(17-12(16-10)19-3)18(2)8-9-5-4-6-14-7-9/h4-7H,8H2,1-3H3,(H,13,15,16,17). The Labute approximate surface area is 111 Å². The molecule has 1 N–H and O–H groups in total. The molecule has 0 amide bonds. The molecule has 7 heteroatoms. The Morgan fingerprint density at radius 2 is 2.16 bits per heavy atom. The summed E-state index contributed by atoms with van der Waals surface area (Å²) in [6.45, 7) is 0.657. The molecule has 0 aliphatic carbocycles. The van der Waals surface area contributed by atoms with E-state index in [4.69, 9.17) is 4.74 Å². The maximum atomic E-state index is 5.06. The van der Waals surface area contributed by atoms with Crippen molar-refractivity contribution in [3.05, 3.63) is 30.1 Å². The lowest BCUT2D eigenvalue weighted by Gasteiger charge is -2.17. The van der Waals surface area contributed by atoms with Crippen LogP contribution in [0.25, 0.3) is 0 Å². The van der Waals surface area contributed by atoms with Gasteiger partial charge in [0.05, 0.1) is 7.11 Å². The molecule has 0 fully saturated rings. The Hall–Kier alpha value is -2.44. The van der Waals surface area contributed by atoms with Gasteiger partial charge in [0.15, 0.2) is 0 Å². The van der Waals surface area contributed by atoms with Crippen LogP contribution < -0.4 is 15.0 Å². The van der Waals surface area contributed by atoms with Crippen LogP contribution in [0.3, 0.4) is 0 Å². The van der Waals surface area contributed by atoms with Crippen molar-refractivity contribution in [1.82, 2.24) is 19.9 Å². The van der Waals surface area contributed by atoms with Gasteiger partial charge in [-0.1, -0.05) is 6.07 Å².